The number of aliphatic carboxylic acids is 1. The van der Waals surface area contributed by atoms with Crippen LogP contribution in [0.25, 0.3) is 6.08 Å². The summed E-state index contributed by atoms with van der Waals surface area (Å²) in [5, 5.41) is 20.9. The lowest BCUT2D eigenvalue weighted by molar-refractivity contribution is -0.139. The maximum atomic E-state index is 12.5. The van der Waals surface area contributed by atoms with Gasteiger partial charge in [-0.3, -0.25) is 4.79 Å². The zero-order valence-electron chi connectivity index (χ0n) is 14.8. The number of nitrogens with one attached hydrogen (secondary N) is 1. The lowest BCUT2D eigenvalue weighted by Gasteiger charge is -2.14. The molecule has 0 spiro atoms. The summed E-state index contributed by atoms with van der Waals surface area (Å²) < 4.78 is 6.19. The average molecular weight is 508 g/mol. The van der Waals surface area contributed by atoms with Crippen LogP contribution in [-0.4, -0.2) is 23.6 Å². The third kappa shape index (κ3) is 5.94. The van der Waals surface area contributed by atoms with Gasteiger partial charge in [0.15, 0.2) is 6.61 Å². The van der Waals surface area contributed by atoms with Crippen molar-refractivity contribution in [1.82, 2.24) is 5.32 Å². The zero-order chi connectivity index (χ0) is 20.7. The second-order valence-electron chi connectivity index (χ2n) is 5.77. The molecule has 0 saturated carbocycles. The number of hydrogen-bond acceptors (Lipinski definition) is 4. The number of carboxylic acids is 1. The maximum Gasteiger partial charge on any atom is 0.341 e. The number of rotatable bonds is 7. The van der Waals surface area contributed by atoms with E-state index in [0.29, 0.717) is 20.3 Å². The summed E-state index contributed by atoms with van der Waals surface area (Å²) in [7, 11) is 0. The Kier molecular flexibility index (Phi) is 7.79. The Hall–Kier alpha value is -2.63. The number of nitrogens with zero attached hydrogens (tertiary/aromatic N) is 1. The van der Waals surface area contributed by atoms with Crippen molar-refractivity contribution in [3.8, 4) is 11.8 Å². The van der Waals surface area contributed by atoms with Crippen molar-refractivity contribution in [3.05, 3.63) is 68.1 Å². The fraction of sp³-hybridized carbons (Fsp3) is 0.150. The fourth-order valence-corrected chi connectivity index (χ4v) is 3.80. The Morgan fingerprint density at radius 2 is 1.86 bits per heavy atom. The largest absolute Gasteiger partial charge is 0.480 e. The normalized spacial score (nSPS) is 12.0. The van der Waals surface area contributed by atoms with Gasteiger partial charge in [-0.15, -0.1) is 0 Å². The van der Waals surface area contributed by atoms with Crippen molar-refractivity contribution in [1.29, 1.82) is 5.26 Å². The lowest BCUT2D eigenvalue weighted by atomic mass is 10.1. The standard InChI is InChI=1S/C20H16Br2N2O4/c1-12(14-5-3-2-4-6-14)24-20(27)15(10-23)7-13-8-16(21)19(17(22)9-13)28-11-18(25)26/h2-9,12H,11H2,1H3,(H,24,27)(H,25,26)/b15-7-/t12-/m1/s1. The summed E-state index contributed by atoms with van der Waals surface area (Å²) in [6.07, 6.45) is 1.45. The van der Waals surface area contributed by atoms with Crippen molar-refractivity contribution in [3.63, 3.8) is 0 Å². The summed E-state index contributed by atoms with van der Waals surface area (Å²) in [5.41, 5.74) is 1.44. The summed E-state index contributed by atoms with van der Waals surface area (Å²) in [5.74, 6) is -1.27. The predicted octanol–water partition coefficient (Wildman–Crippen LogP) is 4.46. The van der Waals surface area contributed by atoms with Gasteiger partial charge < -0.3 is 15.2 Å². The molecule has 1 atom stereocenters. The Bertz CT molecular complexity index is 929. The van der Waals surface area contributed by atoms with Gasteiger partial charge in [-0.05, 0) is 68.1 Å². The molecule has 2 N–H and O–H groups in total. The van der Waals surface area contributed by atoms with Crippen LogP contribution in [0.15, 0.2) is 57.0 Å². The molecule has 0 aromatic heterocycles. The monoisotopic (exact) mass is 506 g/mol. The van der Waals surface area contributed by atoms with Crippen LogP contribution in [-0.2, 0) is 9.59 Å². The topological polar surface area (TPSA) is 99.4 Å². The van der Waals surface area contributed by atoms with E-state index < -0.39 is 18.5 Å². The van der Waals surface area contributed by atoms with Crippen LogP contribution >= 0.6 is 31.9 Å². The number of ether oxygens (including phenoxy) is 1. The zero-order valence-corrected chi connectivity index (χ0v) is 18.0. The first-order chi connectivity index (χ1) is 13.3. The molecule has 0 radical (unpaired) electrons. The summed E-state index contributed by atoms with van der Waals surface area (Å²) in [6.45, 7) is 1.35. The third-order valence-corrected chi connectivity index (χ3v) is 4.86. The average Bonchev–Trinajstić information content (AvgIpc) is 2.65. The van der Waals surface area contributed by atoms with E-state index >= 15 is 0 Å². The van der Waals surface area contributed by atoms with Crippen molar-refractivity contribution in [2.24, 2.45) is 0 Å². The molecule has 2 aromatic carbocycles. The van der Waals surface area contributed by atoms with Gasteiger partial charge in [-0.1, -0.05) is 30.3 Å². The minimum atomic E-state index is -1.10. The molecule has 2 aromatic rings. The van der Waals surface area contributed by atoms with Crippen LogP contribution in [0.2, 0.25) is 0 Å². The fourth-order valence-electron chi connectivity index (χ4n) is 2.35. The first kappa shape index (κ1) is 21.7. The van der Waals surface area contributed by atoms with Gasteiger partial charge in [0, 0.05) is 0 Å². The predicted molar refractivity (Wildman–Crippen MR) is 112 cm³/mol. The van der Waals surface area contributed by atoms with Crippen LogP contribution in [0.4, 0.5) is 0 Å². The third-order valence-electron chi connectivity index (χ3n) is 3.68. The second kappa shape index (κ2) is 10.1. The van der Waals surface area contributed by atoms with E-state index in [0.717, 1.165) is 5.56 Å². The van der Waals surface area contributed by atoms with Gasteiger partial charge in [0.2, 0.25) is 0 Å². The Labute approximate surface area is 179 Å². The molecule has 0 unspecified atom stereocenters. The molecule has 28 heavy (non-hydrogen) atoms. The molecule has 0 fully saturated rings. The molecule has 144 valence electrons. The first-order valence-corrected chi connectivity index (χ1v) is 9.71. The second-order valence-corrected chi connectivity index (χ2v) is 7.48. The molecule has 2 rings (SSSR count). The van der Waals surface area contributed by atoms with E-state index in [-0.39, 0.29) is 11.6 Å². The van der Waals surface area contributed by atoms with Crippen molar-refractivity contribution >= 4 is 49.8 Å². The van der Waals surface area contributed by atoms with Gasteiger partial charge in [-0.25, -0.2) is 4.79 Å². The number of nitriles is 1. The molecule has 0 saturated heterocycles. The van der Waals surface area contributed by atoms with Crippen LogP contribution in [0.1, 0.15) is 24.1 Å². The maximum absolute atomic E-state index is 12.5. The highest BCUT2D eigenvalue weighted by Crippen LogP contribution is 2.35. The Morgan fingerprint density at radius 3 is 2.39 bits per heavy atom. The molecule has 0 heterocycles. The van der Waals surface area contributed by atoms with E-state index in [9.17, 15) is 14.9 Å². The molecule has 0 aliphatic heterocycles. The van der Waals surface area contributed by atoms with Crippen LogP contribution in [0.5, 0.6) is 5.75 Å². The van der Waals surface area contributed by atoms with Gasteiger partial charge in [0.25, 0.3) is 5.91 Å². The van der Waals surface area contributed by atoms with Crippen molar-refractivity contribution in [2.45, 2.75) is 13.0 Å². The van der Waals surface area contributed by atoms with Crippen molar-refractivity contribution in [2.75, 3.05) is 6.61 Å². The van der Waals surface area contributed by atoms with Crippen LogP contribution in [0.3, 0.4) is 0 Å². The van der Waals surface area contributed by atoms with E-state index in [1.807, 2.05) is 43.3 Å². The molecule has 0 bridgehead atoms. The number of carbonyl (C=O) groups excluding carboxylic acids is 1. The molecule has 0 aliphatic carbocycles. The van der Waals surface area contributed by atoms with Gasteiger partial charge >= 0.3 is 5.97 Å². The van der Waals surface area contributed by atoms with E-state index in [2.05, 4.69) is 37.2 Å². The quantitative estimate of drug-likeness (QED) is 0.425. The van der Waals surface area contributed by atoms with E-state index in [1.165, 1.54) is 6.08 Å². The number of carbonyl (C=O) groups is 2. The minimum Gasteiger partial charge on any atom is -0.480 e. The van der Waals surface area contributed by atoms with Crippen LogP contribution in [0, 0.1) is 11.3 Å². The molecular weight excluding hydrogens is 492 g/mol. The van der Waals surface area contributed by atoms with E-state index in [1.54, 1.807) is 12.1 Å². The number of benzene rings is 2. The summed E-state index contributed by atoms with van der Waals surface area (Å²) >= 11 is 6.61. The summed E-state index contributed by atoms with van der Waals surface area (Å²) in [4.78, 5) is 23.1. The Morgan fingerprint density at radius 1 is 1.25 bits per heavy atom. The molecule has 1 amide bonds. The highest BCUT2D eigenvalue weighted by molar-refractivity contribution is 9.11. The SMILES string of the molecule is C[C@@H](NC(=O)/C(C#N)=C\c1cc(Br)c(OCC(=O)O)c(Br)c1)c1ccccc1. The number of hydrogen-bond donors (Lipinski definition) is 2. The van der Waals surface area contributed by atoms with Gasteiger partial charge in [0.1, 0.15) is 17.4 Å². The highest BCUT2D eigenvalue weighted by atomic mass is 79.9. The van der Waals surface area contributed by atoms with Crippen LogP contribution < -0.4 is 10.1 Å². The molecule has 0 aliphatic rings. The molecular formula is C20H16Br2N2O4. The van der Waals surface area contributed by atoms with Gasteiger partial charge in [-0.2, -0.15) is 5.26 Å². The first-order valence-electron chi connectivity index (χ1n) is 8.13. The number of amides is 1. The molecule has 6 nitrogen and oxygen atoms in total. The lowest BCUT2D eigenvalue weighted by Crippen LogP contribution is -2.27. The van der Waals surface area contributed by atoms with Crippen molar-refractivity contribution < 1.29 is 19.4 Å². The molecule has 8 heteroatoms. The summed E-state index contributed by atoms with van der Waals surface area (Å²) in [6, 6.07) is 14.3. The van der Waals surface area contributed by atoms with Gasteiger partial charge in [0.05, 0.1) is 15.0 Å². The van der Waals surface area contributed by atoms with E-state index in [4.69, 9.17) is 9.84 Å². The minimum absolute atomic E-state index is 0.0548. The number of carboxylic acid groups (broad SMARTS) is 1. The smallest absolute Gasteiger partial charge is 0.341 e. The Balaban J connectivity index is 2.20. The number of halogens is 2. The highest BCUT2D eigenvalue weighted by Gasteiger charge is 2.15.